The number of nitrogens with one attached hydrogen (secondary N) is 1. The zero-order valence-corrected chi connectivity index (χ0v) is 17.6. The van der Waals surface area contributed by atoms with Gasteiger partial charge in [0.2, 0.25) is 0 Å². The van der Waals surface area contributed by atoms with E-state index in [1.54, 1.807) is 0 Å². The molecular weight excluding hydrogens is 380 g/mol. The Balaban J connectivity index is 1.74. The van der Waals surface area contributed by atoms with Crippen LogP contribution < -0.4 is 5.32 Å². The van der Waals surface area contributed by atoms with Crippen molar-refractivity contribution in [3.63, 3.8) is 0 Å². The number of benzene rings is 1. The van der Waals surface area contributed by atoms with Crippen molar-refractivity contribution in [3.05, 3.63) is 50.4 Å². The number of thiazole rings is 1. The Morgan fingerprint density at radius 3 is 2.85 bits per heavy atom. The highest BCUT2D eigenvalue weighted by Gasteiger charge is 2.35. The second-order valence-corrected chi connectivity index (χ2v) is 8.73. The molecule has 1 N–H and O–H groups in total. The van der Waals surface area contributed by atoms with Crippen LogP contribution in [0, 0.1) is 6.92 Å². The molecule has 0 radical (unpaired) electrons. The normalized spacial score (nSPS) is 16.3. The second kappa shape index (κ2) is 9.18. The number of aromatic nitrogens is 1. The van der Waals surface area contributed by atoms with E-state index >= 15 is 0 Å². The summed E-state index contributed by atoms with van der Waals surface area (Å²) in [5.41, 5.74) is 1.86. The summed E-state index contributed by atoms with van der Waals surface area (Å²) in [6.45, 7) is 6.06. The maximum Gasteiger partial charge on any atom is 0.263 e. The number of carbonyl (C=O) groups excluding carboxylic acids is 1. The van der Waals surface area contributed by atoms with Crippen LogP contribution >= 0.6 is 22.9 Å². The molecule has 0 unspecified atom stereocenters. The SMILES string of the molecule is CCCCc1nc(C)c(C(=O)NCC2(c3cccc(Cl)c3)CCOCC2)s1. The predicted octanol–water partition coefficient (Wildman–Crippen LogP) is 4.93. The van der Waals surface area contributed by atoms with Gasteiger partial charge in [-0.2, -0.15) is 0 Å². The minimum absolute atomic E-state index is 0.0272. The summed E-state index contributed by atoms with van der Waals surface area (Å²) < 4.78 is 5.57. The quantitative estimate of drug-likeness (QED) is 0.709. The van der Waals surface area contributed by atoms with Crippen LogP contribution in [0.25, 0.3) is 0 Å². The molecule has 2 heterocycles. The van der Waals surface area contributed by atoms with Gasteiger partial charge in [-0.25, -0.2) is 4.98 Å². The monoisotopic (exact) mass is 406 g/mol. The molecule has 0 spiro atoms. The first-order valence-electron chi connectivity index (χ1n) is 9.62. The standard InChI is InChI=1S/C21H27ClN2O2S/c1-3-4-8-18-24-15(2)19(27-18)20(25)23-14-21(9-11-26-12-10-21)16-6-5-7-17(22)13-16/h5-7,13H,3-4,8-12,14H2,1-2H3,(H,23,25). The van der Waals surface area contributed by atoms with Crippen molar-refractivity contribution in [3.8, 4) is 0 Å². The molecule has 1 aliphatic rings. The summed E-state index contributed by atoms with van der Waals surface area (Å²) in [5, 5.41) is 4.95. The molecule has 3 rings (SSSR count). The first kappa shape index (κ1) is 20.3. The van der Waals surface area contributed by atoms with Crippen LogP contribution in [0.4, 0.5) is 0 Å². The Kier molecular flexibility index (Phi) is 6.90. The van der Waals surface area contributed by atoms with Crippen LogP contribution in [-0.2, 0) is 16.6 Å². The van der Waals surface area contributed by atoms with Gasteiger partial charge in [-0.15, -0.1) is 11.3 Å². The van der Waals surface area contributed by atoms with Crippen molar-refractivity contribution in [2.24, 2.45) is 0 Å². The summed E-state index contributed by atoms with van der Waals surface area (Å²) in [4.78, 5) is 18.1. The maximum atomic E-state index is 12.8. The van der Waals surface area contributed by atoms with Crippen molar-refractivity contribution in [1.82, 2.24) is 10.3 Å². The lowest BCUT2D eigenvalue weighted by atomic mass is 9.74. The molecule has 6 heteroatoms. The minimum atomic E-state index is -0.136. The van der Waals surface area contributed by atoms with Gasteiger partial charge in [0.1, 0.15) is 4.88 Å². The number of ether oxygens (including phenoxy) is 1. The fourth-order valence-electron chi connectivity index (χ4n) is 3.58. The van der Waals surface area contributed by atoms with E-state index in [2.05, 4.69) is 23.3 Å². The minimum Gasteiger partial charge on any atom is -0.381 e. The third kappa shape index (κ3) is 4.89. The second-order valence-electron chi connectivity index (χ2n) is 7.21. The van der Waals surface area contributed by atoms with Crippen LogP contribution in [0.1, 0.15) is 58.5 Å². The molecule has 146 valence electrons. The third-order valence-electron chi connectivity index (χ3n) is 5.27. The molecule has 1 amide bonds. The zero-order chi connectivity index (χ0) is 19.3. The number of amides is 1. The number of rotatable bonds is 7. The molecule has 27 heavy (non-hydrogen) atoms. The lowest BCUT2D eigenvalue weighted by Gasteiger charge is -2.38. The molecule has 0 saturated carbocycles. The van der Waals surface area contributed by atoms with E-state index in [0.29, 0.717) is 19.8 Å². The van der Waals surface area contributed by atoms with Crippen molar-refractivity contribution in [2.75, 3.05) is 19.8 Å². The van der Waals surface area contributed by atoms with E-state index in [4.69, 9.17) is 16.3 Å². The van der Waals surface area contributed by atoms with E-state index in [1.165, 1.54) is 16.9 Å². The number of aryl methyl sites for hydroxylation is 2. The predicted molar refractivity (Wildman–Crippen MR) is 111 cm³/mol. The molecule has 1 aliphatic heterocycles. The van der Waals surface area contributed by atoms with Crippen LogP contribution in [0.5, 0.6) is 0 Å². The number of carbonyl (C=O) groups is 1. The van der Waals surface area contributed by atoms with Crippen molar-refractivity contribution in [2.45, 2.75) is 51.4 Å². The Labute approximate surface area is 170 Å². The highest BCUT2D eigenvalue weighted by atomic mass is 35.5. The fraction of sp³-hybridized carbons (Fsp3) is 0.524. The molecule has 4 nitrogen and oxygen atoms in total. The van der Waals surface area contributed by atoms with Crippen LogP contribution in [0.3, 0.4) is 0 Å². The molecule has 0 atom stereocenters. The van der Waals surface area contributed by atoms with E-state index in [1.807, 2.05) is 25.1 Å². The van der Waals surface area contributed by atoms with E-state index < -0.39 is 0 Å². The summed E-state index contributed by atoms with van der Waals surface area (Å²) in [7, 11) is 0. The average molecular weight is 407 g/mol. The van der Waals surface area contributed by atoms with Gasteiger partial charge in [-0.3, -0.25) is 4.79 Å². The molecule has 1 saturated heterocycles. The van der Waals surface area contributed by atoms with Gasteiger partial charge in [0.15, 0.2) is 0 Å². The Hall–Kier alpha value is -1.43. The number of unbranched alkanes of at least 4 members (excludes halogenated alkanes) is 1. The van der Waals surface area contributed by atoms with Gasteiger partial charge in [0, 0.05) is 30.2 Å². The van der Waals surface area contributed by atoms with E-state index in [0.717, 1.165) is 52.7 Å². The topological polar surface area (TPSA) is 51.2 Å². The smallest absolute Gasteiger partial charge is 0.263 e. The van der Waals surface area contributed by atoms with Crippen LogP contribution in [0.15, 0.2) is 24.3 Å². The van der Waals surface area contributed by atoms with Crippen molar-refractivity contribution < 1.29 is 9.53 Å². The Bertz CT molecular complexity index is 784. The lowest BCUT2D eigenvalue weighted by molar-refractivity contribution is 0.0487. The number of hydrogen-bond acceptors (Lipinski definition) is 4. The summed E-state index contributed by atoms with van der Waals surface area (Å²) in [5.74, 6) is -0.0272. The maximum absolute atomic E-state index is 12.8. The van der Waals surface area contributed by atoms with Crippen molar-refractivity contribution in [1.29, 1.82) is 0 Å². The van der Waals surface area contributed by atoms with Gasteiger partial charge >= 0.3 is 0 Å². The summed E-state index contributed by atoms with van der Waals surface area (Å²) in [6.07, 6.45) is 4.92. The van der Waals surface area contributed by atoms with Gasteiger partial charge < -0.3 is 10.1 Å². The first-order valence-corrected chi connectivity index (χ1v) is 10.8. The molecule has 1 aromatic carbocycles. The number of hydrogen-bond donors (Lipinski definition) is 1. The molecule has 2 aromatic rings. The third-order valence-corrected chi connectivity index (χ3v) is 6.72. The van der Waals surface area contributed by atoms with Crippen LogP contribution in [0.2, 0.25) is 5.02 Å². The highest BCUT2D eigenvalue weighted by Crippen LogP contribution is 2.35. The summed E-state index contributed by atoms with van der Waals surface area (Å²) in [6, 6.07) is 7.98. The van der Waals surface area contributed by atoms with Gasteiger partial charge in [0.25, 0.3) is 5.91 Å². The van der Waals surface area contributed by atoms with Gasteiger partial charge in [-0.1, -0.05) is 37.1 Å². The largest absolute Gasteiger partial charge is 0.381 e. The first-order chi connectivity index (χ1) is 13.0. The average Bonchev–Trinajstić information content (AvgIpc) is 3.06. The fourth-order valence-corrected chi connectivity index (χ4v) is 4.79. The Morgan fingerprint density at radius 1 is 1.37 bits per heavy atom. The molecule has 1 aromatic heterocycles. The molecule has 1 fully saturated rings. The molecule has 0 bridgehead atoms. The lowest BCUT2D eigenvalue weighted by Crippen LogP contribution is -2.44. The van der Waals surface area contributed by atoms with Crippen LogP contribution in [-0.4, -0.2) is 30.6 Å². The summed E-state index contributed by atoms with van der Waals surface area (Å²) >= 11 is 7.75. The van der Waals surface area contributed by atoms with E-state index in [-0.39, 0.29) is 11.3 Å². The van der Waals surface area contributed by atoms with E-state index in [9.17, 15) is 4.79 Å². The Morgan fingerprint density at radius 2 is 2.15 bits per heavy atom. The van der Waals surface area contributed by atoms with Gasteiger partial charge in [0.05, 0.1) is 10.7 Å². The zero-order valence-electron chi connectivity index (χ0n) is 16.0. The highest BCUT2D eigenvalue weighted by molar-refractivity contribution is 7.13. The van der Waals surface area contributed by atoms with Crippen molar-refractivity contribution >= 4 is 28.8 Å². The molecule has 0 aliphatic carbocycles. The molecular formula is C21H27ClN2O2S. The number of halogens is 1. The number of nitrogens with zero attached hydrogens (tertiary/aromatic N) is 1. The van der Waals surface area contributed by atoms with Gasteiger partial charge in [-0.05, 0) is 50.3 Å².